The second-order valence-corrected chi connectivity index (χ2v) is 4.78. The van der Waals surface area contributed by atoms with Crippen LogP contribution in [0.2, 0.25) is 0 Å². The number of aliphatic carboxylic acids is 1. The summed E-state index contributed by atoms with van der Waals surface area (Å²) < 4.78 is 0. The van der Waals surface area contributed by atoms with Gasteiger partial charge in [0.2, 0.25) is 5.91 Å². The summed E-state index contributed by atoms with van der Waals surface area (Å²) in [5.41, 5.74) is 0. The molecule has 0 aromatic carbocycles. The van der Waals surface area contributed by atoms with Crippen LogP contribution in [-0.4, -0.2) is 58.8 Å². The average molecular weight is 242 g/mol. The van der Waals surface area contributed by atoms with Crippen molar-refractivity contribution in [1.29, 1.82) is 0 Å². The molecule has 17 heavy (non-hydrogen) atoms. The molecule has 0 radical (unpaired) electrons. The van der Waals surface area contributed by atoms with Gasteiger partial charge in [-0.05, 0) is 19.4 Å². The van der Waals surface area contributed by atoms with Crippen LogP contribution in [0.1, 0.15) is 19.3 Å². The van der Waals surface area contributed by atoms with Gasteiger partial charge in [0.1, 0.15) is 6.04 Å². The Morgan fingerprint density at radius 3 is 2.71 bits per heavy atom. The summed E-state index contributed by atoms with van der Waals surface area (Å²) in [5, 5.41) is 21.7. The van der Waals surface area contributed by atoms with Gasteiger partial charge >= 0.3 is 5.97 Å². The van der Waals surface area contributed by atoms with Crippen molar-refractivity contribution in [2.45, 2.75) is 31.4 Å². The Balaban J connectivity index is 2.04. The number of aliphatic hydroxyl groups is 1. The fourth-order valence-electron chi connectivity index (χ4n) is 2.59. The molecule has 6 nitrogen and oxygen atoms in total. The molecule has 2 fully saturated rings. The normalized spacial score (nSPS) is 33.7. The fraction of sp³-hybridized carbons (Fsp3) is 0.818. The van der Waals surface area contributed by atoms with Crippen LogP contribution in [0.15, 0.2) is 0 Å². The maximum atomic E-state index is 12.2. The molecule has 0 aromatic heterocycles. The third kappa shape index (κ3) is 2.58. The highest BCUT2D eigenvalue weighted by molar-refractivity contribution is 5.86. The Labute approximate surface area is 99.6 Å². The van der Waals surface area contributed by atoms with Gasteiger partial charge in [0, 0.05) is 19.5 Å². The number of rotatable bonds is 2. The summed E-state index contributed by atoms with van der Waals surface area (Å²) in [6.07, 6.45) is 1.16. The number of carbonyl (C=O) groups excluding carboxylic acids is 1. The lowest BCUT2D eigenvalue weighted by Crippen LogP contribution is -2.47. The first-order valence-corrected chi connectivity index (χ1v) is 6.01. The number of aliphatic hydroxyl groups excluding tert-OH is 1. The van der Waals surface area contributed by atoms with Crippen LogP contribution < -0.4 is 5.32 Å². The summed E-state index contributed by atoms with van der Waals surface area (Å²) in [4.78, 5) is 24.5. The van der Waals surface area contributed by atoms with Gasteiger partial charge in [0.15, 0.2) is 0 Å². The minimum Gasteiger partial charge on any atom is -0.480 e. The van der Waals surface area contributed by atoms with Crippen molar-refractivity contribution in [1.82, 2.24) is 10.2 Å². The zero-order valence-electron chi connectivity index (χ0n) is 9.63. The van der Waals surface area contributed by atoms with Gasteiger partial charge in [-0.2, -0.15) is 0 Å². The van der Waals surface area contributed by atoms with Gasteiger partial charge in [-0.15, -0.1) is 0 Å². The predicted molar refractivity (Wildman–Crippen MR) is 59.4 cm³/mol. The summed E-state index contributed by atoms with van der Waals surface area (Å²) >= 11 is 0. The molecule has 0 bridgehead atoms. The molecule has 0 aliphatic carbocycles. The number of piperidine rings is 1. The number of nitrogens with zero attached hydrogens (tertiary/aromatic N) is 1. The number of likely N-dealkylation sites (tertiary alicyclic amines) is 1. The third-order valence-electron chi connectivity index (χ3n) is 3.49. The number of β-amino-alcohol motifs (C(OH)–C–C–N with tert-alkyl or cyclic N) is 1. The van der Waals surface area contributed by atoms with Crippen molar-refractivity contribution in [3.05, 3.63) is 0 Å². The van der Waals surface area contributed by atoms with Gasteiger partial charge in [-0.25, -0.2) is 4.79 Å². The molecule has 6 heteroatoms. The second kappa shape index (κ2) is 5.01. The number of carboxylic acids is 1. The van der Waals surface area contributed by atoms with E-state index in [2.05, 4.69) is 5.32 Å². The maximum Gasteiger partial charge on any atom is 0.326 e. The quantitative estimate of drug-likeness (QED) is 0.580. The van der Waals surface area contributed by atoms with Crippen molar-refractivity contribution in [2.24, 2.45) is 5.92 Å². The van der Waals surface area contributed by atoms with Crippen molar-refractivity contribution in [2.75, 3.05) is 19.6 Å². The molecular weight excluding hydrogens is 224 g/mol. The lowest BCUT2D eigenvalue weighted by Gasteiger charge is -2.29. The summed E-state index contributed by atoms with van der Waals surface area (Å²) in [5.74, 6) is -1.31. The van der Waals surface area contributed by atoms with Crippen molar-refractivity contribution >= 4 is 11.9 Å². The standard InChI is InChI=1S/C11H18N2O4/c14-8-4-9(11(16)17)13(6-8)10(15)7-2-1-3-12-5-7/h7-9,12,14H,1-6H2,(H,16,17)/t7?,8-,9+/m1/s1. The van der Waals surface area contributed by atoms with E-state index in [0.717, 1.165) is 19.4 Å². The molecular formula is C11H18N2O4. The summed E-state index contributed by atoms with van der Waals surface area (Å²) in [6, 6.07) is -0.862. The molecule has 2 saturated heterocycles. The van der Waals surface area contributed by atoms with E-state index in [-0.39, 0.29) is 24.8 Å². The Kier molecular flexibility index (Phi) is 3.63. The molecule has 2 aliphatic rings. The van der Waals surface area contributed by atoms with Crippen LogP contribution in [0.4, 0.5) is 0 Å². The molecule has 96 valence electrons. The second-order valence-electron chi connectivity index (χ2n) is 4.78. The molecule has 0 spiro atoms. The molecule has 3 atom stereocenters. The SMILES string of the molecule is O=C(O)[C@@H]1C[C@@H](O)CN1C(=O)C1CCCNC1. The van der Waals surface area contributed by atoms with E-state index in [0.29, 0.717) is 6.54 Å². The fourth-order valence-corrected chi connectivity index (χ4v) is 2.59. The number of hydrogen-bond acceptors (Lipinski definition) is 4. The van der Waals surface area contributed by atoms with Gasteiger partial charge in [-0.3, -0.25) is 4.79 Å². The van der Waals surface area contributed by atoms with Crippen LogP contribution in [0.5, 0.6) is 0 Å². The Bertz CT molecular complexity index is 315. The molecule has 2 rings (SSSR count). The first-order valence-electron chi connectivity index (χ1n) is 6.01. The van der Waals surface area contributed by atoms with E-state index in [1.807, 2.05) is 0 Å². The lowest BCUT2D eigenvalue weighted by atomic mass is 9.98. The van der Waals surface area contributed by atoms with Crippen LogP contribution in [-0.2, 0) is 9.59 Å². The molecule has 1 unspecified atom stereocenters. The van der Waals surface area contributed by atoms with E-state index >= 15 is 0 Å². The smallest absolute Gasteiger partial charge is 0.326 e. The maximum absolute atomic E-state index is 12.2. The van der Waals surface area contributed by atoms with E-state index < -0.39 is 18.1 Å². The Morgan fingerprint density at radius 1 is 1.35 bits per heavy atom. The van der Waals surface area contributed by atoms with E-state index in [4.69, 9.17) is 5.11 Å². The highest BCUT2D eigenvalue weighted by atomic mass is 16.4. The van der Waals surface area contributed by atoms with Crippen LogP contribution >= 0.6 is 0 Å². The van der Waals surface area contributed by atoms with Crippen LogP contribution in [0.3, 0.4) is 0 Å². The van der Waals surface area contributed by atoms with E-state index in [1.54, 1.807) is 0 Å². The number of carboxylic acid groups (broad SMARTS) is 1. The highest BCUT2D eigenvalue weighted by Crippen LogP contribution is 2.23. The van der Waals surface area contributed by atoms with Crippen LogP contribution in [0, 0.1) is 5.92 Å². The molecule has 2 aliphatic heterocycles. The van der Waals surface area contributed by atoms with E-state index in [1.165, 1.54) is 4.90 Å². The number of carbonyl (C=O) groups is 2. The number of nitrogens with one attached hydrogen (secondary N) is 1. The molecule has 3 N–H and O–H groups in total. The first-order chi connectivity index (χ1) is 8.09. The van der Waals surface area contributed by atoms with Gasteiger partial charge < -0.3 is 20.4 Å². The average Bonchev–Trinajstić information content (AvgIpc) is 2.72. The highest BCUT2D eigenvalue weighted by Gasteiger charge is 2.41. The molecule has 2 heterocycles. The van der Waals surface area contributed by atoms with Crippen LogP contribution in [0.25, 0.3) is 0 Å². The zero-order valence-corrected chi connectivity index (χ0v) is 9.63. The van der Waals surface area contributed by atoms with Gasteiger partial charge in [0.25, 0.3) is 0 Å². The minimum absolute atomic E-state index is 0.138. The van der Waals surface area contributed by atoms with Crippen molar-refractivity contribution in [3.8, 4) is 0 Å². The molecule has 0 saturated carbocycles. The lowest BCUT2D eigenvalue weighted by molar-refractivity contribution is -0.150. The van der Waals surface area contributed by atoms with Gasteiger partial charge in [0.05, 0.1) is 12.0 Å². The summed E-state index contributed by atoms with van der Waals surface area (Å²) in [7, 11) is 0. The monoisotopic (exact) mass is 242 g/mol. The van der Waals surface area contributed by atoms with Crippen molar-refractivity contribution in [3.63, 3.8) is 0 Å². The number of amides is 1. The summed E-state index contributed by atoms with van der Waals surface area (Å²) in [6.45, 7) is 1.67. The number of hydrogen-bond donors (Lipinski definition) is 3. The predicted octanol–water partition coefficient (Wildman–Crippen LogP) is -0.968. The minimum atomic E-state index is -1.03. The van der Waals surface area contributed by atoms with E-state index in [9.17, 15) is 14.7 Å². The van der Waals surface area contributed by atoms with Gasteiger partial charge in [-0.1, -0.05) is 0 Å². The molecule has 0 aromatic rings. The molecule has 1 amide bonds. The zero-order chi connectivity index (χ0) is 12.4. The largest absolute Gasteiger partial charge is 0.480 e. The Morgan fingerprint density at radius 2 is 2.12 bits per heavy atom. The third-order valence-corrected chi connectivity index (χ3v) is 3.49. The first kappa shape index (κ1) is 12.3. The Hall–Kier alpha value is -1.14. The topological polar surface area (TPSA) is 89.9 Å². The van der Waals surface area contributed by atoms with Crippen molar-refractivity contribution < 1.29 is 19.8 Å².